The highest BCUT2D eigenvalue weighted by atomic mass is 16.5. The molecule has 1 aromatic carbocycles. The van der Waals surface area contributed by atoms with Crippen LogP contribution in [0.1, 0.15) is 25.3 Å². The number of anilines is 1. The molecule has 8 nitrogen and oxygen atoms in total. The van der Waals surface area contributed by atoms with Gasteiger partial charge in [0.25, 0.3) is 5.91 Å². The van der Waals surface area contributed by atoms with Gasteiger partial charge in [0.15, 0.2) is 0 Å². The highest BCUT2D eigenvalue weighted by Crippen LogP contribution is 2.37. The van der Waals surface area contributed by atoms with E-state index in [1.165, 1.54) is 4.90 Å². The Morgan fingerprint density at radius 3 is 2.75 bits per heavy atom. The molecule has 3 unspecified atom stereocenters. The Morgan fingerprint density at radius 2 is 2.04 bits per heavy atom. The molecular weight excluding hydrogens is 358 g/mol. The molecule has 3 aliphatic rings. The molecule has 8 heteroatoms. The number of likely N-dealkylation sites (N-methyl/N-ethyl adjacent to an activating group) is 1. The van der Waals surface area contributed by atoms with Crippen molar-refractivity contribution in [3.63, 3.8) is 0 Å². The fourth-order valence-electron chi connectivity index (χ4n) is 4.62. The third kappa shape index (κ3) is 2.82. The third-order valence-electron chi connectivity index (χ3n) is 5.96. The average molecular weight is 387 g/mol. The summed E-state index contributed by atoms with van der Waals surface area (Å²) in [5.41, 5.74) is 2.16. The summed E-state index contributed by atoms with van der Waals surface area (Å²) >= 11 is 0. The first-order chi connectivity index (χ1) is 13.5. The molecule has 0 bridgehead atoms. The van der Waals surface area contributed by atoms with E-state index in [1.807, 2.05) is 19.1 Å². The molecule has 0 saturated carbocycles. The van der Waals surface area contributed by atoms with Crippen LogP contribution < -0.4 is 15.0 Å². The molecule has 28 heavy (non-hydrogen) atoms. The highest BCUT2D eigenvalue weighted by molar-refractivity contribution is 6.00. The number of nitrogens with zero attached hydrogens (tertiary/aromatic N) is 4. The first-order valence-corrected chi connectivity index (χ1v) is 9.99. The van der Waals surface area contributed by atoms with E-state index in [-0.39, 0.29) is 30.4 Å². The zero-order valence-corrected chi connectivity index (χ0v) is 17.0. The molecular formula is C20H29N5O3. The van der Waals surface area contributed by atoms with E-state index in [0.717, 1.165) is 42.9 Å². The van der Waals surface area contributed by atoms with E-state index in [4.69, 9.17) is 4.74 Å². The van der Waals surface area contributed by atoms with Gasteiger partial charge in [0.1, 0.15) is 24.2 Å². The van der Waals surface area contributed by atoms with Gasteiger partial charge in [-0.05, 0) is 37.5 Å². The molecule has 0 aliphatic carbocycles. The van der Waals surface area contributed by atoms with Crippen molar-refractivity contribution in [1.29, 1.82) is 0 Å². The van der Waals surface area contributed by atoms with Crippen molar-refractivity contribution in [3.8, 4) is 5.75 Å². The van der Waals surface area contributed by atoms with Gasteiger partial charge in [0.2, 0.25) is 0 Å². The van der Waals surface area contributed by atoms with Crippen molar-refractivity contribution >= 4 is 17.6 Å². The van der Waals surface area contributed by atoms with Crippen LogP contribution in [0.15, 0.2) is 18.2 Å². The fraction of sp³-hybridized carbons (Fsp3) is 0.600. The summed E-state index contributed by atoms with van der Waals surface area (Å²) in [6.07, 6.45) is 1.22. The van der Waals surface area contributed by atoms with E-state index < -0.39 is 0 Å². The number of benzene rings is 1. The van der Waals surface area contributed by atoms with Crippen LogP contribution in [0.3, 0.4) is 0 Å². The first-order valence-electron chi connectivity index (χ1n) is 9.99. The second-order valence-electron chi connectivity index (χ2n) is 7.77. The zero-order valence-electron chi connectivity index (χ0n) is 17.0. The molecule has 0 spiro atoms. The molecule has 0 aromatic heterocycles. The summed E-state index contributed by atoms with van der Waals surface area (Å²) < 4.78 is 5.60. The highest BCUT2D eigenvalue weighted by Gasteiger charge is 2.56. The molecule has 4 rings (SSSR count). The monoisotopic (exact) mass is 387 g/mol. The van der Waals surface area contributed by atoms with E-state index in [2.05, 4.69) is 28.1 Å². The molecule has 1 aromatic rings. The Hall–Kier alpha value is -2.32. The maximum absolute atomic E-state index is 13.2. The number of hydrogen-bond donors (Lipinski definition) is 1. The van der Waals surface area contributed by atoms with Crippen LogP contribution in [0.4, 0.5) is 10.5 Å². The van der Waals surface area contributed by atoms with E-state index in [0.29, 0.717) is 6.54 Å². The van der Waals surface area contributed by atoms with Gasteiger partial charge in [-0.25, -0.2) is 4.79 Å². The summed E-state index contributed by atoms with van der Waals surface area (Å²) in [5, 5.41) is 3.54. The van der Waals surface area contributed by atoms with Crippen molar-refractivity contribution in [2.24, 2.45) is 0 Å². The summed E-state index contributed by atoms with van der Waals surface area (Å²) in [6.45, 7) is 6.17. The maximum Gasteiger partial charge on any atom is 0.327 e. The number of imide groups is 1. The van der Waals surface area contributed by atoms with Gasteiger partial charge in [-0.1, -0.05) is 13.0 Å². The number of ether oxygens (including phenoxy) is 1. The number of urea groups is 1. The fourth-order valence-corrected chi connectivity index (χ4v) is 4.62. The van der Waals surface area contributed by atoms with Crippen LogP contribution in [0.2, 0.25) is 0 Å². The SMILES string of the molecule is CCCN1C(=O)C2C(NC3N(c4cc(C)ccc4OC)CCCN23)N(C)C1=O. The standard InChI is InChI=1S/C20H29N5O3/c1-5-9-25-18(26)16-17(22(3)20(25)27)21-19-23(10-6-11-24(16)19)14-12-13(2)7-8-15(14)28-4/h7-8,12,16-17,19,21H,5-6,9-11H2,1-4H3. The molecule has 3 saturated heterocycles. The molecule has 1 N–H and O–H groups in total. The van der Waals surface area contributed by atoms with Gasteiger partial charge in [-0.3, -0.25) is 19.9 Å². The molecule has 0 radical (unpaired) electrons. The molecule has 3 fully saturated rings. The van der Waals surface area contributed by atoms with Gasteiger partial charge >= 0.3 is 6.03 Å². The molecule has 3 atom stereocenters. The van der Waals surface area contributed by atoms with Gasteiger partial charge in [0.05, 0.1) is 12.8 Å². The Morgan fingerprint density at radius 1 is 1.25 bits per heavy atom. The summed E-state index contributed by atoms with van der Waals surface area (Å²) in [7, 11) is 3.45. The maximum atomic E-state index is 13.2. The number of rotatable bonds is 4. The Balaban J connectivity index is 1.69. The van der Waals surface area contributed by atoms with Crippen LogP contribution in [0.5, 0.6) is 5.75 Å². The number of aryl methyl sites for hydroxylation is 1. The number of nitrogens with one attached hydrogen (secondary N) is 1. The predicted octanol–water partition coefficient (Wildman–Crippen LogP) is 1.40. The minimum absolute atomic E-state index is 0.0944. The smallest absolute Gasteiger partial charge is 0.327 e. The number of carbonyl (C=O) groups excluding carboxylic acids is 2. The second kappa shape index (κ2) is 7.25. The van der Waals surface area contributed by atoms with Gasteiger partial charge < -0.3 is 14.5 Å². The van der Waals surface area contributed by atoms with Crippen molar-refractivity contribution in [2.75, 3.05) is 38.7 Å². The van der Waals surface area contributed by atoms with Crippen LogP contribution >= 0.6 is 0 Å². The largest absolute Gasteiger partial charge is 0.495 e. The van der Waals surface area contributed by atoms with Crippen molar-refractivity contribution in [3.05, 3.63) is 23.8 Å². The Bertz CT molecular complexity index is 785. The quantitative estimate of drug-likeness (QED) is 0.842. The van der Waals surface area contributed by atoms with Crippen LogP contribution in [-0.4, -0.2) is 78.9 Å². The summed E-state index contributed by atoms with van der Waals surface area (Å²) in [5.74, 6) is 0.718. The number of hydrogen-bond acceptors (Lipinski definition) is 6. The van der Waals surface area contributed by atoms with Crippen LogP contribution in [0.25, 0.3) is 0 Å². The minimum Gasteiger partial charge on any atom is -0.495 e. The number of amides is 3. The number of fused-ring (bicyclic) bond motifs is 3. The van der Waals surface area contributed by atoms with Crippen LogP contribution in [0, 0.1) is 6.92 Å². The van der Waals surface area contributed by atoms with Crippen molar-refractivity contribution < 1.29 is 14.3 Å². The lowest BCUT2D eigenvalue weighted by molar-refractivity contribution is -0.138. The lowest BCUT2D eigenvalue weighted by Crippen LogP contribution is -2.66. The molecule has 152 valence electrons. The molecule has 3 amide bonds. The molecule has 3 heterocycles. The summed E-state index contributed by atoms with van der Waals surface area (Å²) in [4.78, 5) is 33.4. The van der Waals surface area contributed by atoms with E-state index in [1.54, 1.807) is 19.1 Å². The van der Waals surface area contributed by atoms with Gasteiger partial charge in [-0.15, -0.1) is 0 Å². The van der Waals surface area contributed by atoms with Gasteiger partial charge in [-0.2, -0.15) is 0 Å². The predicted molar refractivity (Wildman–Crippen MR) is 106 cm³/mol. The summed E-state index contributed by atoms with van der Waals surface area (Å²) in [6, 6.07) is 5.55. The second-order valence-corrected chi connectivity index (χ2v) is 7.77. The number of carbonyl (C=O) groups is 2. The molecule has 3 aliphatic heterocycles. The normalized spacial score (nSPS) is 27.9. The third-order valence-corrected chi connectivity index (χ3v) is 5.96. The Kier molecular flexibility index (Phi) is 4.93. The van der Waals surface area contributed by atoms with Gasteiger partial charge in [0, 0.05) is 26.7 Å². The van der Waals surface area contributed by atoms with Crippen molar-refractivity contribution in [2.45, 2.75) is 45.2 Å². The van der Waals surface area contributed by atoms with E-state index >= 15 is 0 Å². The van der Waals surface area contributed by atoms with Crippen LogP contribution in [-0.2, 0) is 4.79 Å². The Labute approximate surface area is 166 Å². The number of methoxy groups -OCH3 is 1. The zero-order chi connectivity index (χ0) is 20.0. The lowest BCUT2D eigenvalue weighted by Gasteiger charge is -2.44. The van der Waals surface area contributed by atoms with E-state index in [9.17, 15) is 9.59 Å². The first kappa shape index (κ1) is 19.0. The topological polar surface area (TPSA) is 68.4 Å². The minimum atomic E-state index is -0.363. The average Bonchev–Trinajstić information content (AvgIpc) is 3.09. The lowest BCUT2D eigenvalue weighted by atomic mass is 10.1. The van der Waals surface area contributed by atoms with Crippen molar-refractivity contribution in [1.82, 2.24) is 20.0 Å².